The van der Waals surface area contributed by atoms with Crippen LogP contribution in [0.15, 0.2) is 66.7 Å². The van der Waals surface area contributed by atoms with Gasteiger partial charge in [0.1, 0.15) is 0 Å². The topological polar surface area (TPSA) is 0 Å². The van der Waals surface area contributed by atoms with Gasteiger partial charge in [-0.3, -0.25) is 0 Å². The van der Waals surface area contributed by atoms with Gasteiger partial charge in [0.25, 0.3) is 0 Å². The van der Waals surface area contributed by atoms with E-state index < -0.39 is 0 Å². The Bertz CT molecular complexity index is 816. The van der Waals surface area contributed by atoms with E-state index in [9.17, 15) is 0 Å². The van der Waals surface area contributed by atoms with E-state index in [-0.39, 0.29) is 4.75 Å². The molecule has 0 bridgehead atoms. The van der Waals surface area contributed by atoms with Crippen LogP contribution in [0.1, 0.15) is 16.7 Å². The average molecular weight is 274 g/mol. The van der Waals surface area contributed by atoms with Crippen LogP contribution in [0.2, 0.25) is 0 Å². The molecule has 0 N–H and O–H groups in total. The first kappa shape index (κ1) is 11.0. The molecule has 1 fully saturated rings. The predicted octanol–water partition coefficient (Wildman–Crippen LogP) is 4.75. The fraction of sp³-hybridized carbons (Fsp3) is 0.158. The van der Waals surface area contributed by atoms with Crippen LogP contribution in [0.25, 0.3) is 10.8 Å². The Morgan fingerprint density at radius 2 is 1.65 bits per heavy atom. The van der Waals surface area contributed by atoms with E-state index in [2.05, 4.69) is 78.5 Å². The van der Waals surface area contributed by atoms with E-state index in [1.807, 2.05) is 0 Å². The van der Waals surface area contributed by atoms with Gasteiger partial charge in [0.15, 0.2) is 0 Å². The van der Waals surface area contributed by atoms with Crippen LogP contribution in [0.3, 0.4) is 0 Å². The minimum absolute atomic E-state index is 0.217. The normalized spacial score (nSPS) is 26.3. The molecule has 0 amide bonds. The summed E-state index contributed by atoms with van der Waals surface area (Å²) in [5.74, 6) is 0. The van der Waals surface area contributed by atoms with E-state index in [4.69, 9.17) is 0 Å². The lowest BCUT2D eigenvalue weighted by atomic mass is 9.78. The number of rotatable bonds is 1. The van der Waals surface area contributed by atoms with Crippen LogP contribution >= 0.6 is 11.8 Å². The van der Waals surface area contributed by atoms with Crippen molar-refractivity contribution in [3.8, 4) is 0 Å². The molecule has 2 atom stereocenters. The van der Waals surface area contributed by atoms with Gasteiger partial charge >= 0.3 is 0 Å². The number of hydrogen-bond acceptors (Lipinski definition) is 1. The maximum absolute atomic E-state index is 2.34. The third kappa shape index (κ3) is 1.24. The fourth-order valence-corrected chi connectivity index (χ4v) is 5.37. The molecule has 2 unspecified atom stereocenters. The highest BCUT2D eigenvalue weighted by molar-refractivity contribution is 8.08. The molecule has 0 saturated carbocycles. The fourth-order valence-electron chi connectivity index (χ4n) is 3.81. The second-order valence-corrected chi connectivity index (χ2v) is 7.18. The van der Waals surface area contributed by atoms with Gasteiger partial charge in [-0.2, -0.15) is 0 Å². The lowest BCUT2D eigenvalue weighted by Crippen LogP contribution is -2.20. The Hall–Kier alpha value is -1.73. The van der Waals surface area contributed by atoms with Crippen LogP contribution in [0.4, 0.5) is 0 Å². The summed E-state index contributed by atoms with van der Waals surface area (Å²) in [5.41, 5.74) is 4.52. The molecular formula is C19H14S. The molecule has 0 aromatic heterocycles. The van der Waals surface area contributed by atoms with Gasteiger partial charge < -0.3 is 0 Å². The molecule has 0 radical (unpaired) electrons. The minimum atomic E-state index is 0.217. The smallest absolute Gasteiger partial charge is 0.0788 e. The van der Waals surface area contributed by atoms with E-state index in [0.717, 1.165) is 0 Å². The summed E-state index contributed by atoms with van der Waals surface area (Å²) in [6, 6.07) is 24.6. The second-order valence-electron chi connectivity index (χ2n) is 5.73. The predicted molar refractivity (Wildman–Crippen MR) is 86.3 cm³/mol. The summed E-state index contributed by atoms with van der Waals surface area (Å²) >= 11 is 2.13. The second kappa shape index (κ2) is 3.67. The first-order valence-electron chi connectivity index (χ1n) is 7.14. The molecule has 96 valence electrons. The van der Waals surface area contributed by atoms with Gasteiger partial charge in [-0.05, 0) is 33.9 Å². The molecule has 0 spiro atoms. The van der Waals surface area contributed by atoms with Crippen LogP contribution in [0, 0.1) is 0 Å². The van der Waals surface area contributed by atoms with Crippen LogP contribution in [0.5, 0.6) is 0 Å². The standard InChI is InChI=1S/C19H14S/c1-2-9-15(10-3-1)19-16-11-5-7-13-6-4-8-14(18(13)16)12-17(19)20-19/h1-11,17H,12H2. The van der Waals surface area contributed by atoms with Gasteiger partial charge in [-0.25, -0.2) is 0 Å². The molecule has 20 heavy (non-hydrogen) atoms. The van der Waals surface area contributed by atoms with E-state index in [1.54, 1.807) is 0 Å². The number of fused-ring (bicyclic) bond motifs is 2. The van der Waals surface area contributed by atoms with Crippen LogP contribution < -0.4 is 0 Å². The summed E-state index contributed by atoms with van der Waals surface area (Å²) in [5, 5.41) is 3.60. The third-order valence-corrected chi connectivity index (χ3v) is 6.39. The van der Waals surface area contributed by atoms with Crippen molar-refractivity contribution in [1.82, 2.24) is 0 Å². The number of benzene rings is 3. The lowest BCUT2D eigenvalue weighted by Gasteiger charge is -2.24. The molecule has 3 aromatic carbocycles. The quantitative estimate of drug-likeness (QED) is 0.577. The molecule has 2 aliphatic rings. The Labute approximate surface area is 122 Å². The highest BCUT2D eigenvalue weighted by Gasteiger charge is 2.60. The molecule has 1 aliphatic carbocycles. The number of thioether (sulfide) groups is 1. The van der Waals surface area contributed by atoms with E-state index in [0.29, 0.717) is 5.25 Å². The van der Waals surface area contributed by atoms with Gasteiger partial charge in [0.2, 0.25) is 0 Å². The Kier molecular flexibility index (Phi) is 2.02. The molecule has 5 rings (SSSR count). The van der Waals surface area contributed by atoms with E-state index in [1.165, 1.54) is 33.9 Å². The zero-order chi connectivity index (χ0) is 13.2. The Morgan fingerprint density at radius 3 is 2.50 bits per heavy atom. The molecule has 3 aromatic rings. The summed E-state index contributed by atoms with van der Waals surface area (Å²) in [6.07, 6.45) is 1.20. The molecule has 1 aliphatic heterocycles. The highest BCUT2D eigenvalue weighted by Crippen LogP contribution is 2.69. The minimum Gasteiger partial charge on any atom is -0.138 e. The monoisotopic (exact) mass is 274 g/mol. The molecule has 1 heterocycles. The lowest BCUT2D eigenvalue weighted by molar-refractivity contribution is 0.764. The Morgan fingerprint density at radius 1 is 0.850 bits per heavy atom. The Balaban J connectivity index is 1.86. The maximum Gasteiger partial charge on any atom is 0.0788 e. The van der Waals surface area contributed by atoms with Crippen molar-refractivity contribution in [2.75, 3.05) is 0 Å². The highest BCUT2D eigenvalue weighted by atomic mass is 32.2. The number of hydrogen-bond donors (Lipinski definition) is 0. The maximum atomic E-state index is 2.34. The van der Waals surface area contributed by atoms with Gasteiger partial charge in [-0.15, -0.1) is 11.8 Å². The zero-order valence-corrected chi connectivity index (χ0v) is 11.9. The average Bonchev–Trinajstić information content (AvgIpc) is 3.25. The summed E-state index contributed by atoms with van der Waals surface area (Å²) in [7, 11) is 0. The van der Waals surface area contributed by atoms with Crippen molar-refractivity contribution in [3.05, 3.63) is 83.4 Å². The van der Waals surface area contributed by atoms with Crippen LogP contribution in [-0.2, 0) is 11.2 Å². The molecule has 1 heteroatoms. The third-order valence-electron chi connectivity index (χ3n) is 4.72. The molecular weight excluding hydrogens is 260 g/mol. The van der Waals surface area contributed by atoms with E-state index >= 15 is 0 Å². The van der Waals surface area contributed by atoms with Gasteiger partial charge in [0.05, 0.1) is 4.75 Å². The summed E-state index contributed by atoms with van der Waals surface area (Å²) in [6.45, 7) is 0. The molecule has 0 nitrogen and oxygen atoms in total. The molecule has 1 saturated heterocycles. The first-order chi connectivity index (χ1) is 9.89. The van der Waals surface area contributed by atoms with Crippen molar-refractivity contribution < 1.29 is 0 Å². The van der Waals surface area contributed by atoms with Crippen molar-refractivity contribution >= 4 is 22.5 Å². The first-order valence-corrected chi connectivity index (χ1v) is 8.02. The van der Waals surface area contributed by atoms with Crippen molar-refractivity contribution in [2.24, 2.45) is 0 Å². The zero-order valence-electron chi connectivity index (χ0n) is 11.0. The van der Waals surface area contributed by atoms with Crippen molar-refractivity contribution in [1.29, 1.82) is 0 Å². The van der Waals surface area contributed by atoms with Gasteiger partial charge in [-0.1, -0.05) is 66.7 Å². The summed E-state index contributed by atoms with van der Waals surface area (Å²) < 4.78 is 0.217. The SMILES string of the molecule is c1ccc(C23SC2Cc2cccc4cccc3c24)cc1. The largest absolute Gasteiger partial charge is 0.138 e. The van der Waals surface area contributed by atoms with Crippen molar-refractivity contribution in [2.45, 2.75) is 16.4 Å². The van der Waals surface area contributed by atoms with Crippen molar-refractivity contribution in [3.63, 3.8) is 0 Å². The van der Waals surface area contributed by atoms with Crippen LogP contribution in [-0.4, -0.2) is 5.25 Å². The van der Waals surface area contributed by atoms with Gasteiger partial charge in [0, 0.05) is 5.25 Å². The summed E-state index contributed by atoms with van der Waals surface area (Å²) in [4.78, 5) is 0.